The fourth-order valence-corrected chi connectivity index (χ4v) is 2.69. The molecule has 0 heterocycles. The van der Waals surface area contributed by atoms with E-state index in [1.807, 2.05) is 60.7 Å². The molecule has 0 spiro atoms. The van der Waals surface area contributed by atoms with Crippen molar-refractivity contribution in [1.82, 2.24) is 0 Å². The van der Waals surface area contributed by atoms with Crippen molar-refractivity contribution in [1.29, 1.82) is 0 Å². The van der Waals surface area contributed by atoms with Gasteiger partial charge in [-0.15, -0.1) is 0 Å². The van der Waals surface area contributed by atoms with Crippen LogP contribution in [0.15, 0.2) is 77.8 Å². The summed E-state index contributed by atoms with van der Waals surface area (Å²) in [7, 11) is 1.63. The molecule has 0 fully saturated rings. The molecular formula is C21H18ClNO2. The highest BCUT2D eigenvalue weighted by Crippen LogP contribution is 2.32. The molecule has 4 heteroatoms. The summed E-state index contributed by atoms with van der Waals surface area (Å²) < 4.78 is 5.15. The minimum atomic E-state index is -0.789. The Morgan fingerprint density at radius 1 is 1.00 bits per heavy atom. The first-order valence-electron chi connectivity index (χ1n) is 7.88. The predicted molar refractivity (Wildman–Crippen MR) is 102 cm³/mol. The maximum atomic E-state index is 10.7. The number of hydrogen-bond acceptors (Lipinski definition) is 3. The summed E-state index contributed by atoms with van der Waals surface area (Å²) in [6, 6.07) is 22.4. The lowest BCUT2D eigenvalue weighted by Crippen LogP contribution is -2.00. The Bertz CT molecular complexity index is 861. The van der Waals surface area contributed by atoms with Crippen molar-refractivity contribution < 1.29 is 9.84 Å². The molecule has 0 bridgehead atoms. The number of ether oxygens (including phenoxy) is 1. The van der Waals surface area contributed by atoms with Crippen LogP contribution in [0.4, 0.5) is 5.69 Å². The average molecular weight is 352 g/mol. The second-order valence-electron chi connectivity index (χ2n) is 5.55. The van der Waals surface area contributed by atoms with Crippen LogP contribution in [0.25, 0.3) is 0 Å². The number of methoxy groups -OCH3 is 1. The van der Waals surface area contributed by atoms with E-state index in [2.05, 4.69) is 4.99 Å². The Labute approximate surface area is 152 Å². The summed E-state index contributed by atoms with van der Waals surface area (Å²) in [5.74, 6) is 0.795. The molecule has 0 aliphatic heterocycles. The predicted octanol–water partition coefficient (Wildman–Crippen LogP) is 5.18. The van der Waals surface area contributed by atoms with Crippen LogP contribution in [0.1, 0.15) is 22.8 Å². The van der Waals surface area contributed by atoms with Gasteiger partial charge in [-0.1, -0.05) is 41.9 Å². The van der Waals surface area contributed by atoms with Gasteiger partial charge in [0.05, 0.1) is 12.8 Å². The van der Waals surface area contributed by atoms with Crippen molar-refractivity contribution in [2.24, 2.45) is 4.99 Å². The van der Waals surface area contributed by atoms with Crippen molar-refractivity contribution in [3.05, 3.63) is 94.5 Å². The van der Waals surface area contributed by atoms with Gasteiger partial charge < -0.3 is 9.84 Å². The Kier molecular flexibility index (Phi) is 5.49. The monoisotopic (exact) mass is 351 g/mol. The summed E-state index contributed by atoms with van der Waals surface area (Å²) in [5, 5.41) is 11.3. The zero-order chi connectivity index (χ0) is 17.6. The van der Waals surface area contributed by atoms with E-state index in [9.17, 15) is 5.11 Å². The number of benzene rings is 3. The summed E-state index contributed by atoms with van der Waals surface area (Å²) in [6.45, 7) is 0. The maximum Gasteiger partial charge on any atom is 0.118 e. The van der Waals surface area contributed by atoms with Crippen LogP contribution in [-0.4, -0.2) is 18.4 Å². The average Bonchev–Trinajstić information content (AvgIpc) is 2.67. The highest BCUT2D eigenvalue weighted by atomic mass is 35.5. The standard InChI is InChI=1S/C21H18ClNO2/c1-25-18-10-7-15(8-11-18)14-23-20-12-9-17(22)13-19(20)21(24)16-5-3-2-4-6-16/h2-14,21,24H,1H3. The molecule has 0 amide bonds. The van der Waals surface area contributed by atoms with Gasteiger partial charge in [0.25, 0.3) is 0 Å². The first kappa shape index (κ1) is 17.2. The largest absolute Gasteiger partial charge is 0.497 e. The van der Waals surface area contributed by atoms with E-state index < -0.39 is 6.10 Å². The lowest BCUT2D eigenvalue weighted by molar-refractivity contribution is 0.221. The van der Waals surface area contributed by atoms with Gasteiger partial charge in [0.2, 0.25) is 0 Å². The zero-order valence-electron chi connectivity index (χ0n) is 13.8. The molecule has 1 atom stereocenters. The number of aliphatic imine (C=N–C) groups is 1. The molecule has 3 aromatic carbocycles. The molecule has 3 rings (SSSR count). The summed E-state index contributed by atoms with van der Waals surface area (Å²) in [4.78, 5) is 4.54. The molecule has 0 aliphatic carbocycles. The van der Waals surface area contributed by atoms with Crippen molar-refractivity contribution in [3.63, 3.8) is 0 Å². The minimum Gasteiger partial charge on any atom is -0.497 e. The molecule has 0 saturated carbocycles. The molecular weight excluding hydrogens is 334 g/mol. The number of hydrogen-bond donors (Lipinski definition) is 1. The van der Waals surface area contributed by atoms with E-state index >= 15 is 0 Å². The second kappa shape index (κ2) is 7.97. The summed E-state index contributed by atoms with van der Waals surface area (Å²) in [5.41, 5.74) is 3.08. The first-order valence-corrected chi connectivity index (χ1v) is 8.26. The van der Waals surface area contributed by atoms with Gasteiger partial charge in [-0.2, -0.15) is 0 Å². The molecule has 0 aliphatic rings. The smallest absolute Gasteiger partial charge is 0.118 e. The maximum absolute atomic E-state index is 10.7. The van der Waals surface area contributed by atoms with Gasteiger partial charge in [-0.3, -0.25) is 4.99 Å². The fraction of sp³-hybridized carbons (Fsp3) is 0.0952. The minimum absolute atomic E-state index is 0.563. The number of halogens is 1. The summed E-state index contributed by atoms with van der Waals surface area (Å²) in [6.07, 6.45) is 0.965. The van der Waals surface area contributed by atoms with E-state index in [0.29, 0.717) is 16.3 Å². The molecule has 1 N–H and O–H groups in total. The molecule has 1 unspecified atom stereocenters. The Balaban J connectivity index is 1.92. The number of nitrogens with zero attached hydrogens (tertiary/aromatic N) is 1. The van der Waals surface area contributed by atoms with Crippen LogP contribution in [-0.2, 0) is 0 Å². The number of aliphatic hydroxyl groups is 1. The lowest BCUT2D eigenvalue weighted by atomic mass is 10.00. The molecule has 0 saturated heterocycles. The van der Waals surface area contributed by atoms with Gasteiger partial charge in [0.15, 0.2) is 0 Å². The van der Waals surface area contributed by atoms with Crippen LogP contribution < -0.4 is 4.74 Å². The quantitative estimate of drug-likeness (QED) is 0.643. The van der Waals surface area contributed by atoms with Crippen molar-refractivity contribution in [2.45, 2.75) is 6.10 Å². The van der Waals surface area contributed by atoms with Crippen molar-refractivity contribution >= 4 is 23.5 Å². The van der Waals surface area contributed by atoms with E-state index in [1.165, 1.54) is 0 Å². The van der Waals surface area contributed by atoms with E-state index in [4.69, 9.17) is 16.3 Å². The number of rotatable bonds is 5. The SMILES string of the molecule is COc1ccc(C=Nc2ccc(Cl)cc2C(O)c2ccccc2)cc1. The number of aliphatic hydroxyl groups excluding tert-OH is 1. The van der Waals surface area contributed by atoms with E-state index in [1.54, 1.807) is 25.5 Å². The highest BCUT2D eigenvalue weighted by Gasteiger charge is 2.14. The molecule has 3 nitrogen and oxygen atoms in total. The highest BCUT2D eigenvalue weighted by molar-refractivity contribution is 6.30. The second-order valence-corrected chi connectivity index (χ2v) is 5.98. The summed E-state index contributed by atoms with van der Waals surface area (Å²) >= 11 is 6.12. The van der Waals surface area contributed by atoms with Crippen LogP contribution in [0, 0.1) is 0 Å². The van der Waals surface area contributed by atoms with Crippen LogP contribution in [0.3, 0.4) is 0 Å². The Hall–Kier alpha value is -2.62. The first-order chi connectivity index (χ1) is 12.2. The Morgan fingerprint density at radius 3 is 2.40 bits per heavy atom. The van der Waals surface area contributed by atoms with Gasteiger partial charge in [0, 0.05) is 16.8 Å². The molecule has 0 aromatic heterocycles. The third kappa shape index (κ3) is 4.27. The Morgan fingerprint density at radius 2 is 1.72 bits per heavy atom. The van der Waals surface area contributed by atoms with Crippen LogP contribution in [0.5, 0.6) is 5.75 Å². The van der Waals surface area contributed by atoms with Gasteiger partial charge in [-0.05, 0) is 53.6 Å². The molecule has 25 heavy (non-hydrogen) atoms. The third-order valence-electron chi connectivity index (χ3n) is 3.87. The van der Waals surface area contributed by atoms with Gasteiger partial charge >= 0.3 is 0 Å². The van der Waals surface area contributed by atoms with Crippen LogP contribution in [0.2, 0.25) is 5.02 Å². The van der Waals surface area contributed by atoms with Crippen molar-refractivity contribution in [2.75, 3.05) is 7.11 Å². The third-order valence-corrected chi connectivity index (χ3v) is 4.10. The normalized spacial score (nSPS) is 12.3. The zero-order valence-corrected chi connectivity index (χ0v) is 14.5. The molecule has 126 valence electrons. The molecule has 0 radical (unpaired) electrons. The van der Waals surface area contributed by atoms with Gasteiger partial charge in [-0.25, -0.2) is 0 Å². The topological polar surface area (TPSA) is 41.8 Å². The van der Waals surface area contributed by atoms with E-state index in [0.717, 1.165) is 16.9 Å². The van der Waals surface area contributed by atoms with E-state index in [-0.39, 0.29) is 0 Å². The van der Waals surface area contributed by atoms with Gasteiger partial charge in [0.1, 0.15) is 11.9 Å². The fourth-order valence-electron chi connectivity index (χ4n) is 2.51. The van der Waals surface area contributed by atoms with Crippen LogP contribution >= 0.6 is 11.6 Å². The van der Waals surface area contributed by atoms with Crippen molar-refractivity contribution in [3.8, 4) is 5.75 Å². The molecule has 3 aromatic rings. The lowest BCUT2D eigenvalue weighted by Gasteiger charge is -2.14.